The van der Waals surface area contributed by atoms with Gasteiger partial charge < -0.3 is 0 Å². The third kappa shape index (κ3) is 7.78. The highest BCUT2D eigenvalue weighted by atomic mass is 14.5. The average molecular weight is 431 g/mol. The summed E-state index contributed by atoms with van der Waals surface area (Å²) in [5.41, 5.74) is 0.751. The van der Waals surface area contributed by atoms with Crippen molar-refractivity contribution in [1.29, 1.82) is 0 Å². The molecule has 0 aromatic heterocycles. The van der Waals surface area contributed by atoms with Crippen molar-refractivity contribution in [3.05, 3.63) is 0 Å². The van der Waals surface area contributed by atoms with Crippen LogP contribution in [-0.2, 0) is 0 Å². The Bertz CT molecular complexity index is 374. The standard InChI is InChI=1S/C31H58/c1-2-3-4-5-6-7-8-9-10-20-27-31(28-21-14-11-15-22-28,29-23-16-12-17-24-29)30-25-18-13-19-26-30/h28-30H,2-27H2,1H3. The van der Waals surface area contributed by atoms with Crippen LogP contribution in [0.2, 0.25) is 0 Å². The zero-order chi connectivity index (χ0) is 21.6. The Morgan fingerprint density at radius 1 is 0.419 bits per heavy atom. The minimum atomic E-state index is 0.751. The van der Waals surface area contributed by atoms with E-state index in [4.69, 9.17) is 0 Å². The van der Waals surface area contributed by atoms with Crippen molar-refractivity contribution in [2.75, 3.05) is 0 Å². The molecule has 0 bridgehead atoms. The van der Waals surface area contributed by atoms with Gasteiger partial charge in [0.05, 0.1) is 0 Å². The summed E-state index contributed by atoms with van der Waals surface area (Å²) in [7, 11) is 0. The summed E-state index contributed by atoms with van der Waals surface area (Å²) >= 11 is 0. The summed E-state index contributed by atoms with van der Waals surface area (Å²) in [6.45, 7) is 2.33. The number of rotatable bonds is 14. The van der Waals surface area contributed by atoms with E-state index in [1.807, 2.05) is 0 Å². The molecule has 3 rings (SSSR count). The number of unbranched alkanes of at least 4 members (excludes halogenated alkanes) is 9. The quantitative estimate of drug-likeness (QED) is 0.240. The fraction of sp³-hybridized carbons (Fsp3) is 1.00. The van der Waals surface area contributed by atoms with Gasteiger partial charge in [0.2, 0.25) is 0 Å². The van der Waals surface area contributed by atoms with Gasteiger partial charge in [0.25, 0.3) is 0 Å². The van der Waals surface area contributed by atoms with E-state index in [1.165, 1.54) is 77.0 Å². The van der Waals surface area contributed by atoms with E-state index in [0.717, 1.165) is 23.2 Å². The first-order valence-electron chi connectivity index (χ1n) is 15.4. The Kier molecular flexibility index (Phi) is 12.4. The van der Waals surface area contributed by atoms with Crippen molar-refractivity contribution in [2.45, 2.75) is 174 Å². The summed E-state index contributed by atoms with van der Waals surface area (Å²) in [4.78, 5) is 0. The lowest BCUT2D eigenvalue weighted by Crippen LogP contribution is -2.47. The Hall–Kier alpha value is 0. The molecule has 0 spiro atoms. The summed E-state index contributed by atoms with van der Waals surface area (Å²) in [5.74, 6) is 3.27. The second-order valence-corrected chi connectivity index (χ2v) is 12.0. The molecule has 3 fully saturated rings. The van der Waals surface area contributed by atoms with Crippen LogP contribution in [0.3, 0.4) is 0 Å². The molecule has 0 radical (unpaired) electrons. The van der Waals surface area contributed by atoms with Gasteiger partial charge >= 0.3 is 0 Å². The molecule has 0 unspecified atom stereocenters. The average Bonchev–Trinajstić information content (AvgIpc) is 2.84. The predicted molar refractivity (Wildman–Crippen MR) is 139 cm³/mol. The Labute approximate surface area is 197 Å². The second-order valence-electron chi connectivity index (χ2n) is 12.0. The maximum Gasteiger partial charge on any atom is -0.0213 e. The van der Waals surface area contributed by atoms with Gasteiger partial charge in [0.15, 0.2) is 0 Å². The third-order valence-corrected chi connectivity index (χ3v) is 10.1. The van der Waals surface area contributed by atoms with Crippen molar-refractivity contribution in [3.8, 4) is 0 Å². The maximum absolute atomic E-state index is 2.33. The molecule has 0 aromatic rings. The lowest BCUT2D eigenvalue weighted by Gasteiger charge is -2.55. The van der Waals surface area contributed by atoms with Crippen LogP contribution in [0.5, 0.6) is 0 Å². The second kappa shape index (κ2) is 15.0. The summed E-state index contributed by atoms with van der Waals surface area (Å²) < 4.78 is 0. The van der Waals surface area contributed by atoms with E-state index in [9.17, 15) is 0 Å². The highest BCUT2D eigenvalue weighted by Crippen LogP contribution is 2.59. The zero-order valence-corrected chi connectivity index (χ0v) is 21.6. The van der Waals surface area contributed by atoms with E-state index in [1.54, 1.807) is 89.9 Å². The summed E-state index contributed by atoms with van der Waals surface area (Å²) in [6.07, 6.45) is 39.9. The van der Waals surface area contributed by atoms with Crippen LogP contribution in [0.15, 0.2) is 0 Å². The minimum Gasteiger partial charge on any atom is -0.0654 e. The molecule has 0 aromatic carbocycles. The van der Waals surface area contributed by atoms with Gasteiger partial charge in [-0.3, -0.25) is 0 Å². The van der Waals surface area contributed by atoms with Crippen molar-refractivity contribution >= 4 is 0 Å². The first kappa shape index (κ1) is 25.6. The van der Waals surface area contributed by atoms with E-state index in [2.05, 4.69) is 6.92 Å². The molecule has 3 aliphatic rings. The Morgan fingerprint density at radius 3 is 1.10 bits per heavy atom. The van der Waals surface area contributed by atoms with Crippen LogP contribution in [0.25, 0.3) is 0 Å². The molecule has 3 aliphatic carbocycles. The first-order valence-corrected chi connectivity index (χ1v) is 15.4. The normalized spacial score (nSPS) is 22.7. The van der Waals surface area contributed by atoms with Crippen LogP contribution in [0.4, 0.5) is 0 Å². The zero-order valence-electron chi connectivity index (χ0n) is 21.6. The van der Waals surface area contributed by atoms with E-state index in [-0.39, 0.29) is 0 Å². The van der Waals surface area contributed by atoms with Gasteiger partial charge in [0, 0.05) is 0 Å². The van der Waals surface area contributed by atoms with Gasteiger partial charge in [0.1, 0.15) is 0 Å². The van der Waals surface area contributed by atoms with E-state index >= 15 is 0 Å². The molecule has 0 aliphatic heterocycles. The minimum absolute atomic E-state index is 0.751. The molecule has 0 atom stereocenters. The van der Waals surface area contributed by atoms with Crippen LogP contribution < -0.4 is 0 Å². The molecule has 0 amide bonds. The van der Waals surface area contributed by atoms with Gasteiger partial charge in [-0.15, -0.1) is 0 Å². The van der Waals surface area contributed by atoms with E-state index < -0.39 is 0 Å². The molecule has 0 N–H and O–H groups in total. The molecule has 3 saturated carbocycles. The van der Waals surface area contributed by atoms with Gasteiger partial charge in [-0.1, -0.05) is 129 Å². The SMILES string of the molecule is CCCCCCCCCCCCC(C1CCCCC1)(C1CCCCC1)C1CCCCC1. The molecule has 0 heterocycles. The summed E-state index contributed by atoms with van der Waals surface area (Å²) in [6, 6.07) is 0. The Balaban J connectivity index is 1.55. The maximum atomic E-state index is 2.33. The van der Waals surface area contributed by atoms with Crippen LogP contribution in [0.1, 0.15) is 174 Å². The topological polar surface area (TPSA) is 0 Å². The lowest BCUT2D eigenvalue weighted by molar-refractivity contribution is -0.0571. The Morgan fingerprint density at radius 2 is 0.742 bits per heavy atom. The largest absolute Gasteiger partial charge is 0.0654 e. The summed E-state index contributed by atoms with van der Waals surface area (Å²) in [5, 5.41) is 0. The van der Waals surface area contributed by atoms with Crippen molar-refractivity contribution < 1.29 is 0 Å². The third-order valence-electron chi connectivity index (χ3n) is 10.1. The lowest BCUT2D eigenvalue weighted by atomic mass is 9.50. The van der Waals surface area contributed by atoms with Crippen molar-refractivity contribution in [1.82, 2.24) is 0 Å². The first-order chi connectivity index (χ1) is 15.4. The number of hydrogen-bond donors (Lipinski definition) is 0. The highest BCUT2D eigenvalue weighted by Gasteiger charge is 2.49. The monoisotopic (exact) mass is 430 g/mol. The van der Waals surface area contributed by atoms with E-state index in [0.29, 0.717) is 0 Å². The van der Waals surface area contributed by atoms with Gasteiger partial charge in [-0.05, 0) is 68.1 Å². The fourth-order valence-electron chi connectivity index (χ4n) is 8.45. The smallest absolute Gasteiger partial charge is 0.0213 e. The van der Waals surface area contributed by atoms with Crippen LogP contribution >= 0.6 is 0 Å². The molecule has 31 heavy (non-hydrogen) atoms. The van der Waals surface area contributed by atoms with Gasteiger partial charge in [-0.25, -0.2) is 0 Å². The van der Waals surface area contributed by atoms with Crippen LogP contribution in [-0.4, -0.2) is 0 Å². The number of hydrogen-bond acceptors (Lipinski definition) is 0. The fourth-order valence-corrected chi connectivity index (χ4v) is 8.45. The van der Waals surface area contributed by atoms with Crippen LogP contribution in [0, 0.1) is 23.2 Å². The van der Waals surface area contributed by atoms with Crippen molar-refractivity contribution in [2.24, 2.45) is 23.2 Å². The highest BCUT2D eigenvalue weighted by molar-refractivity contribution is 4.99. The molecule has 182 valence electrons. The molecule has 0 heteroatoms. The molecular weight excluding hydrogens is 372 g/mol. The predicted octanol–water partition coefficient (Wildman–Crippen LogP) is 11.0. The van der Waals surface area contributed by atoms with Gasteiger partial charge in [-0.2, -0.15) is 0 Å². The molecule has 0 nitrogen and oxygen atoms in total. The molecule has 0 saturated heterocycles. The van der Waals surface area contributed by atoms with Crippen molar-refractivity contribution in [3.63, 3.8) is 0 Å². The molecular formula is C31H58.